The van der Waals surface area contributed by atoms with E-state index in [0.717, 1.165) is 12.1 Å². The molecule has 0 N–H and O–H groups in total. The molecule has 1 unspecified atom stereocenters. The second-order valence-electron chi connectivity index (χ2n) is 3.85. The first kappa shape index (κ1) is 12.7. The van der Waals surface area contributed by atoms with Gasteiger partial charge in [-0.25, -0.2) is 0 Å². The van der Waals surface area contributed by atoms with Gasteiger partial charge in [-0.05, 0) is 24.6 Å². The summed E-state index contributed by atoms with van der Waals surface area (Å²) in [6, 6.07) is 2.32. The molecule has 0 bridgehead atoms. The Kier molecular flexibility index (Phi) is 5.35. The van der Waals surface area contributed by atoms with Gasteiger partial charge >= 0.3 is 0 Å². The molecule has 0 aromatic heterocycles. The molecule has 0 amide bonds. The minimum Gasteiger partial charge on any atom is -0.403 e. The molecular formula is C11H22OSi. The lowest BCUT2D eigenvalue weighted by Gasteiger charge is -2.34. The summed E-state index contributed by atoms with van der Waals surface area (Å²) in [5.41, 5.74) is 0.651. The van der Waals surface area contributed by atoms with Crippen molar-refractivity contribution in [1.29, 1.82) is 0 Å². The largest absolute Gasteiger partial charge is 0.403 e. The summed E-state index contributed by atoms with van der Waals surface area (Å²) < 4.78 is 6.05. The average molecular weight is 198 g/mol. The van der Waals surface area contributed by atoms with E-state index in [9.17, 15) is 0 Å². The van der Waals surface area contributed by atoms with Gasteiger partial charge in [0, 0.05) is 0 Å². The third-order valence-corrected chi connectivity index (χ3v) is 8.22. The molecule has 0 aromatic rings. The zero-order valence-electron chi connectivity index (χ0n) is 9.55. The highest BCUT2D eigenvalue weighted by molar-refractivity contribution is 6.75. The molecule has 0 aliphatic heterocycles. The van der Waals surface area contributed by atoms with Gasteiger partial charge in [0.05, 0.1) is 0 Å². The molecule has 0 saturated carbocycles. The first-order valence-corrected chi connectivity index (χ1v) is 7.56. The summed E-state index contributed by atoms with van der Waals surface area (Å²) in [6.07, 6.45) is 5.32. The van der Waals surface area contributed by atoms with Gasteiger partial charge < -0.3 is 4.43 Å². The Hall–Kier alpha value is -0.263. The van der Waals surface area contributed by atoms with Crippen LogP contribution >= 0.6 is 0 Å². The monoisotopic (exact) mass is 198 g/mol. The van der Waals surface area contributed by atoms with Crippen molar-refractivity contribution in [3.8, 4) is 12.3 Å². The van der Waals surface area contributed by atoms with Crippen LogP contribution in [0.3, 0.4) is 0 Å². The molecule has 0 rings (SSSR count). The summed E-state index contributed by atoms with van der Waals surface area (Å²) in [7, 11) is -1.55. The predicted molar refractivity (Wildman–Crippen MR) is 61.2 cm³/mol. The summed E-state index contributed by atoms with van der Waals surface area (Å²) in [5.74, 6) is 2.66. The fraction of sp³-hybridized carbons (Fsp3) is 0.818. The Balaban J connectivity index is 4.50. The lowest BCUT2D eigenvalue weighted by molar-refractivity contribution is 0.255. The van der Waals surface area contributed by atoms with Crippen molar-refractivity contribution in [3.63, 3.8) is 0 Å². The smallest absolute Gasteiger partial charge is 0.196 e. The summed E-state index contributed by atoms with van der Waals surface area (Å²) in [4.78, 5) is 0. The van der Waals surface area contributed by atoms with Gasteiger partial charge in [-0.15, -0.1) is 6.42 Å². The standard InChI is InChI=1S/C11H22OSi/c1-7-11(6)12-13(8-2,9-3)10(4)5/h1,10-11H,8-9H2,2-6H3. The summed E-state index contributed by atoms with van der Waals surface area (Å²) in [5, 5.41) is 0. The molecule has 0 heterocycles. The number of hydrogen-bond acceptors (Lipinski definition) is 1. The van der Waals surface area contributed by atoms with Crippen molar-refractivity contribution in [2.45, 2.75) is 58.4 Å². The Morgan fingerprint density at radius 1 is 1.23 bits per heavy atom. The van der Waals surface area contributed by atoms with E-state index < -0.39 is 8.32 Å². The Morgan fingerprint density at radius 3 is 1.92 bits per heavy atom. The molecule has 0 fully saturated rings. The van der Waals surface area contributed by atoms with Crippen molar-refractivity contribution in [3.05, 3.63) is 0 Å². The van der Waals surface area contributed by atoms with E-state index >= 15 is 0 Å². The van der Waals surface area contributed by atoms with E-state index in [1.165, 1.54) is 0 Å². The van der Waals surface area contributed by atoms with Crippen molar-refractivity contribution < 1.29 is 4.43 Å². The average Bonchev–Trinajstić information content (AvgIpc) is 2.13. The fourth-order valence-electron chi connectivity index (χ4n) is 1.76. The van der Waals surface area contributed by atoms with E-state index in [0.29, 0.717) is 5.54 Å². The maximum atomic E-state index is 6.05. The molecule has 1 nitrogen and oxygen atoms in total. The van der Waals surface area contributed by atoms with Crippen LogP contribution in [-0.4, -0.2) is 14.4 Å². The van der Waals surface area contributed by atoms with Crippen molar-refractivity contribution in [1.82, 2.24) is 0 Å². The Morgan fingerprint density at radius 2 is 1.69 bits per heavy atom. The van der Waals surface area contributed by atoms with Crippen molar-refractivity contribution >= 4 is 8.32 Å². The van der Waals surface area contributed by atoms with Gasteiger partial charge in [-0.1, -0.05) is 33.6 Å². The first-order chi connectivity index (χ1) is 6.02. The normalized spacial score (nSPS) is 14.2. The molecule has 76 valence electrons. The van der Waals surface area contributed by atoms with E-state index in [1.54, 1.807) is 0 Å². The van der Waals surface area contributed by atoms with Crippen LogP contribution in [0.15, 0.2) is 0 Å². The lowest BCUT2D eigenvalue weighted by atomic mass is 10.4. The molecule has 0 saturated heterocycles. The lowest BCUT2D eigenvalue weighted by Crippen LogP contribution is -2.42. The second kappa shape index (κ2) is 5.46. The van der Waals surface area contributed by atoms with Crippen LogP contribution < -0.4 is 0 Å². The van der Waals surface area contributed by atoms with Gasteiger partial charge in [0.25, 0.3) is 0 Å². The molecule has 0 aliphatic carbocycles. The third-order valence-electron chi connectivity index (χ3n) is 2.90. The second-order valence-corrected chi connectivity index (χ2v) is 8.79. The molecule has 0 radical (unpaired) electrons. The number of hydrogen-bond donors (Lipinski definition) is 0. The fourth-order valence-corrected chi connectivity index (χ4v) is 5.27. The Bertz CT molecular complexity index is 177. The van der Waals surface area contributed by atoms with Crippen LogP contribution in [0.25, 0.3) is 0 Å². The Labute approximate surface area is 84.0 Å². The topological polar surface area (TPSA) is 9.23 Å². The maximum absolute atomic E-state index is 6.05. The quantitative estimate of drug-likeness (QED) is 0.486. The van der Waals surface area contributed by atoms with Crippen LogP contribution in [0.1, 0.15) is 34.6 Å². The maximum Gasteiger partial charge on any atom is 0.196 e. The van der Waals surface area contributed by atoms with Crippen LogP contribution in [0.2, 0.25) is 17.6 Å². The molecule has 1 atom stereocenters. The minimum absolute atomic E-state index is 0.0195. The van der Waals surface area contributed by atoms with Crippen LogP contribution in [0.5, 0.6) is 0 Å². The van der Waals surface area contributed by atoms with Crippen LogP contribution in [0, 0.1) is 12.3 Å². The number of terminal acetylenes is 1. The van der Waals surface area contributed by atoms with Gasteiger partial charge in [0.15, 0.2) is 8.32 Å². The highest BCUT2D eigenvalue weighted by atomic mass is 28.4. The third kappa shape index (κ3) is 3.17. The van der Waals surface area contributed by atoms with E-state index in [4.69, 9.17) is 10.8 Å². The van der Waals surface area contributed by atoms with Crippen LogP contribution in [0.4, 0.5) is 0 Å². The van der Waals surface area contributed by atoms with E-state index in [2.05, 4.69) is 33.6 Å². The van der Waals surface area contributed by atoms with Gasteiger partial charge in [-0.3, -0.25) is 0 Å². The first-order valence-electron chi connectivity index (χ1n) is 5.16. The molecule has 2 heteroatoms. The summed E-state index contributed by atoms with van der Waals surface area (Å²) >= 11 is 0. The van der Waals surface area contributed by atoms with Crippen molar-refractivity contribution in [2.24, 2.45) is 0 Å². The van der Waals surface area contributed by atoms with Gasteiger partial charge in [-0.2, -0.15) is 0 Å². The summed E-state index contributed by atoms with van der Waals surface area (Å²) in [6.45, 7) is 10.9. The van der Waals surface area contributed by atoms with E-state index in [-0.39, 0.29) is 6.10 Å². The molecule has 0 aliphatic rings. The zero-order chi connectivity index (χ0) is 10.5. The highest BCUT2D eigenvalue weighted by Crippen LogP contribution is 2.30. The molecule has 0 spiro atoms. The number of rotatable bonds is 5. The van der Waals surface area contributed by atoms with Gasteiger partial charge in [0.2, 0.25) is 0 Å². The predicted octanol–water partition coefficient (Wildman–Crippen LogP) is 3.42. The SMILES string of the molecule is C#CC(C)O[Si](CC)(CC)C(C)C. The zero-order valence-corrected chi connectivity index (χ0v) is 10.6. The van der Waals surface area contributed by atoms with Crippen LogP contribution in [-0.2, 0) is 4.43 Å². The molecule has 0 aromatic carbocycles. The minimum atomic E-state index is -1.55. The highest BCUT2D eigenvalue weighted by Gasteiger charge is 2.35. The van der Waals surface area contributed by atoms with Gasteiger partial charge in [0.1, 0.15) is 6.10 Å². The van der Waals surface area contributed by atoms with E-state index in [1.807, 2.05) is 6.92 Å². The van der Waals surface area contributed by atoms with Crippen molar-refractivity contribution in [2.75, 3.05) is 0 Å². The molecule has 13 heavy (non-hydrogen) atoms. The molecular weight excluding hydrogens is 176 g/mol.